The van der Waals surface area contributed by atoms with E-state index in [2.05, 4.69) is 9.82 Å². The minimum Gasteiger partial charge on any atom is -0.389 e. The smallest absolute Gasteiger partial charge is 0.242 e. The second kappa shape index (κ2) is 6.10. The molecule has 0 aliphatic heterocycles. The number of nitrogens with two attached hydrogens (primary N) is 1. The van der Waals surface area contributed by atoms with E-state index >= 15 is 0 Å². The summed E-state index contributed by atoms with van der Waals surface area (Å²) in [4.78, 5) is 0.0476. The molecule has 9 heteroatoms. The van der Waals surface area contributed by atoms with Gasteiger partial charge in [0.15, 0.2) is 0 Å². The highest BCUT2D eigenvalue weighted by molar-refractivity contribution is 7.89. The zero-order valence-electron chi connectivity index (χ0n) is 11.1. The Hall–Kier alpha value is -1.48. The zero-order valence-corrected chi connectivity index (χ0v) is 13.5. The Morgan fingerprint density at radius 3 is 2.76 bits per heavy atom. The monoisotopic (exact) mass is 344 g/mol. The lowest BCUT2D eigenvalue weighted by atomic mass is 10.2. The molecule has 0 aliphatic rings. The summed E-state index contributed by atoms with van der Waals surface area (Å²) in [6, 6.07) is 6.10. The zero-order chi connectivity index (χ0) is 15.6. The summed E-state index contributed by atoms with van der Waals surface area (Å²) in [6.07, 6.45) is 1.59. The number of nitrogens with zero attached hydrogens (tertiary/aromatic N) is 2. The molecule has 0 fully saturated rings. The maximum absolute atomic E-state index is 12.3. The number of aryl methyl sites for hydroxylation is 1. The lowest BCUT2D eigenvalue weighted by Gasteiger charge is -2.10. The second-order valence-electron chi connectivity index (χ2n) is 4.28. The minimum absolute atomic E-state index is 0.0587. The normalized spacial score (nSPS) is 11.5. The summed E-state index contributed by atoms with van der Waals surface area (Å²) in [6.45, 7) is 0.104. The molecule has 21 heavy (non-hydrogen) atoms. The van der Waals surface area contributed by atoms with Gasteiger partial charge in [-0.2, -0.15) is 5.10 Å². The van der Waals surface area contributed by atoms with Gasteiger partial charge in [-0.05, 0) is 18.2 Å². The Bertz CT molecular complexity index is 786. The molecule has 0 saturated carbocycles. The van der Waals surface area contributed by atoms with Crippen molar-refractivity contribution >= 4 is 38.8 Å². The third-order valence-corrected chi connectivity index (χ3v) is 4.99. The van der Waals surface area contributed by atoms with Crippen molar-refractivity contribution in [1.29, 1.82) is 0 Å². The predicted octanol–water partition coefficient (Wildman–Crippen LogP) is 1.19. The molecular weight excluding hydrogens is 332 g/mol. The van der Waals surface area contributed by atoms with Crippen molar-refractivity contribution in [2.75, 3.05) is 0 Å². The van der Waals surface area contributed by atoms with Crippen LogP contribution in [0.25, 0.3) is 0 Å². The fraction of sp³-hybridized carbons (Fsp3) is 0.167. The molecule has 1 aromatic carbocycles. The lowest BCUT2D eigenvalue weighted by molar-refractivity contribution is 0.577. The maximum atomic E-state index is 12.3. The number of hydrogen-bond donors (Lipinski definition) is 2. The van der Waals surface area contributed by atoms with E-state index < -0.39 is 10.0 Å². The first-order valence-electron chi connectivity index (χ1n) is 5.87. The van der Waals surface area contributed by atoms with Crippen LogP contribution in [0.5, 0.6) is 0 Å². The highest BCUT2D eigenvalue weighted by atomic mass is 35.5. The number of nitrogens with one attached hydrogen (secondary N) is 1. The van der Waals surface area contributed by atoms with Gasteiger partial charge in [-0.15, -0.1) is 0 Å². The van der Waals surface area contributed by atoms with Crippen molar-refractivity contribution in [2.45, 2.75) is 11.4 Å². The average Bonchev–Trinajstić information content (AvgIpc) is 2.82. The third-order valence-electron chi connectivity index (χ3n) is 2.87. The Balaban J connectivity index is 2.29. The van der Waals surface area contributed by atoms with Gasteiger partial charge >= 0.3 is 0 Å². The molecule has 2 rings (SSSR count). The van der Waals surface area contributed by atoms with E-state index in [0.29, 0.717) is 5.56 Å². The molecule has 0 unspecified atom stereocenters. The summed E-state index contributed by atoms with van der Waals surface area (Å²) in [5.74, 6) is 0. The van der Waals surface area contributed by atoms with Crippen LogP contribution in [-0.4, -0.2) is 23.2 Å². The van der Waals surface area contributed by atoms with Gasteiger partial charge in [0.05, 0.1) is 17.3 Å². The van der Waals surface area contributed by atoms with Crippen LogP contribution in [0.1, 0.15) is 11.3 Å². The number of hydrogen-bond acceptors (Lipinski definition) is 4. The van der Waals surface area contributed by atoms with Gasteiger partial charge in [0, 0.05) is 18.8 Å². The molecule has 0 spiro atoms. The van der Waals surface area contributed by atoms with Gasteiger partial charge in [0.1, 0.15) is 9.88 Å². The molecule has 2 aromatic rings. The highest BCUT2D eigenvalue weighted by Gasteiger charge is 2.19. The average molecular weight is 345 g/mol. The third kappa shape index (κ3) is 3.59. The van der Waals surface area contributed by atoms with Crippen molar-refractivity contribution < 1.29 is 8.42 Å². The van der Waals surface area contributed by atoms with E-state index in [1.165, 1.54) is 12.1 Å². The molecule has 0 radical (unpaired) electrons. The van der Waals surface area contributed by atoms with Crippen LogP contribution >= 0.6 is 23.8 Å². The number of halogens is 1. The Kier molecular flexibility index (Phi) is 4.62. The van der Waals surface area contributed by atoms with E-state index in [0.717, 1.165) is 5.69 Å². The standard InChI is InChI=1S/C12H13ClN4O2S2/c1-17-9(4-5-15-17)7-16-21(18,19)11-6-8(12(14)20)2-3-10(11)13/h2-6,16H,7H2,1H3,(H2,14,20). The molecular formula is C12H13ClN4O2S2. The van der Waals surface area contributed by atoms with Gasteiger partial charge in [0.2, 0.25) is 10.0 Å². The number of rotatable bonds is 5. The number of thiocarbonyl (C=S) groups is 1. The number of sulfonamides is 1. The summed E-state index contributed by atoms with van der Waals surface area (Å²) in [5, 5.41) is 4.07. The summed E-state index contributed by atoms with van der Waals surface area (Å²) < 4.78 is 28.7. The SMILES string of the molecule is Cn1nccc1CNS(=O)(=O)c1cc(C(N)=S)ccc1Cl. The van der Waals surface area contributed by atoms with Crippen LogP contribution in [0.3, 0.4) is 0 Å². The number of aromatic nitrogens is 2. The van der Waals surface area contributed by atoms with Gasteiger partial charge < -0.3 is 5.73 Å². The first kappa shape index (κ1) is 15.9. The summed E-state index contributed by atoms with van der Waals surface area (Å²) in [7, 11) is -2.05. The Morgan fingerprint density at radius 2 is 2.19 bits per heavy atom. The van der Waals surface area contributed by atoms with E-state index in [9.17, 15) is 8.42 Å². The van der Waals surface area contributed by atoms with Gasteiger partial charge in [-0.25, -0.2) is 13.1 Å². The van der Waals surface area contributed by atoms with Gasteiger partial charge in [0.25, 0.3) is 0 Å². The molecule has 0 saturated heterocycles. The molecule has 112 valence electrons. The molecule has 0 amide bonds. The van der Waals surface area contributed by atoms with Crippen LogP contribution in [-0.2, 0) is 23.6 Å². The van der Waals surface area contributed by atoms with Crippen LogP contribution in [0.4, 0.5) is 0 Å². The fourth-order valence-electron chi connectivity index (χ4n) is 1.68. The molecule has 1 heterocycles. The van der Waals surface area contributed by atoms with Crippen molar-refractivity contribution in [3.63, 3.8) is 0 Å². The molecule has 0 aliphatic carbocycles. The summed E-state index contributed by atoms with van der Waals surface area (Å²) >= 11 is 10.8. The fourth-order valence-corrected chi connectivity index (χ4v) is 3.33. The first-order chi connectivity index (χ1) is 9.81. The quantitative estimate of drug-likeness (QED) is 0.795. The molecule has 6 nitrogen and oxygen atoms in total. The summed E-state index contributed by atoms with van der Waals surface area (Å²) in [5.41, 5.74) is 6.67. The van der Waals surface area contributed by atoms with Gasteiger partial charge in [-0.3, -0.25) is 4.68 Å². The van der Waals surface area contributed by atoms with E-state index in [-0.39, 0.29) is 21.5 Å². The molecule has 3 N–H and O–H groups in total. The van der Waals surface area contributed by atoms with Gasteiger partial charge in [-0.1, -0.05) is 29.9 Å². The van der Waals surface area contributed by atoms with Crippen LogP contribution in [0, 0.1) is 0 Å². The van der Waals surface area contributed by atoms with Crippen LogP contribution < -0.4 is 10.5 Å². The van der Waals surface area contributed by atoms with Crippen molar-refractivity contribution in [3.8, 4) is 0 Å². The molecule has 0 bridgehead atoms. The molecule has 1 aromatic heterocycles. The van der Waals surface area contributed by atoms with Crippen LogP contribution in [0.15, 0.2) is 35.4 Å². The molecule has 0 atom stereocenters. The lowest BCUT2D eigenvalue weighted by Crippen LogP contribution is -2.25. The second-order valence-corrected chi connectivity index (χ2v) is 6.86. The van der Waals surface area contributed by atoms with Crippen LogP contribution in [0.2, 0.25) is 5.02 Å². The minimum atomic E-state index is -3.78. The van der Waals surface area contributed by atoms with Crippen molar-refractivity contribution in [3.05, 3.63) is 46.7 Å². The van der Waals surface area contributed by atoms with E-state index in [1.54, 1.807) is 30.1 Å². The maximum Gasteiger partial charge on any atom is 0.242 e. The number of benzene rings is 1. The predicted molar refractivity (Wildman–Crippen MR) is 84.6 cm³/mol. The van der Waals surface area contributed by atoms with Crippen molar-refractivity contribution in [1.82, 2.24) is 14.5 Å². The first-order valence-corrected chi connectivity index (χ1v) is 8.14. The van der Waals surface area contributed by atoms with E-state index in [1.807, 2.05) is 0 Å². The van der Waals surface area contributed by atoms with Crippen molar-refractivity contribution in [2.24, 2.45) is 12.8 Å². The van der Waals surface area contributed by atoms with E-state index in [4.69, 9.17) is 29.6 Å². The highest BCUT2D eigenvalue weighted by Crippen LogP contribution is 2.22. The Labute approximate surface area is 133 Å². The largest absolute Gasteiger partial charge is 0.389 e. The topological polar surface area (TPSA) is 90.0 Å². The Morgan fingerprint density at radius 1 is 1.48 bits per heavy atom.